The van der Waals surface area contributed by atoms with E-state index in [4.69, 9.17) is 4.74 Å². The molecule has 0 saturated heterocycles. The molecule has 2 aromatic carbocycles. The standard InChI is InChI=1S/C19H17F2N3O4S/c1-12-17(24-8-4-7-22-24)5-3-6-18(12)28-11-13-9-16(21)14(10-15(13)20)19(25)23-29(2,26)27/h3-10H,11H2,1-2H3,(H,23,25). The van der Waals surface area contributed by atoms with Crippen molar-refractivity contribution in [1.82, 2.24) is 14.5 Å². The summed E-state index contributed by atoms with van der Waals surface area (Å²) in [5.74, 6) is -2.75. The van der Waals surface area contributed by atoms with Crippen molar-refractivity contribution in [2.75, 3.05) is 6.26 Å². The van der Waals surface area contributed by atoms with Crippen LogP contribution in [0, 0.1) is 18.6 Å². The summed E-state index contributed by atoms with van der Waals surface area (Å²) in [6.45, 7) is 1.52. The molecule has 10 heteroatoms. The third kappa shape index (κ3) is 4.77. The second-order valence-corrected chi connectivity index (χ2v) is 8.01. The number of benzene rings is 2. The van der Waals surface area contributed by atoms with E-state index in [0.717, 1.165) is 23.6 Å². The van der Waals surface area contributed by atoms with Gasteiger partial charge in [0.2, 0.25) is 10.0 Å². The number of hydrogen-bond acceptors (Lipinski definition) is 5. The average Bonchev–Trinajstić information content (AvgIpc) is 3.16. The summed E-state index contributed by atoms with van der Waals surface area (Å²) in [6, 6.07) is 8.48. The predicted molar refractivity (Wildman–Crippen MR) is 101 cm³/mol. The average molecular weight is 421 g/mol. The van der Waals surface area contributed by atoms with Gasteiger partial charge in [-0.25, -0.2) is 26.6 Å². The van der Waals surface area contributed by atoms with Gasteiger partial charge in [0.1, 0.15) is 24.0 Å². The van der Waals surface area contributed by atoms with Crippen LogP contribution in [0.5, 0.6) is 5.75 Å². The van der Waals surface area contributed by atoms with Gasteiger partial charge in [0.05, 0.1) is 17.5 Å². The largest absolute Gasteiger partial charge is 0.488 e. The van der Waals surface area contributed by atoms with Crippen molar-refractivity contribution in [3.63, 3.8) is 0 Å². The molecule has 0 unspecified atom stereocenters. The van der Waals surface area contributed by atoms with Gasteiger partial charge in [0.15, 0.2) is 0 Å². The lowest BCUT2D eigenvalue weighted by Gasteiger charge is -2.14. The highest BCUT2D eigenvalue weighted by atomic mass is 32.2. The number of sulfonamides is 1. The van der Waals surface area contributed by atoms with E-state index in [1.807, 2.05) is 13.0 Å². The van der Waals surface area contributed by atoms with Crippen LogP contribution in [0.2, 0.25) is 0 Å². The van der Waals surface area contributed by atoms with Gasteiger partial charge in [-0.15, -0.1) is 0 Å². The SMILES string of the molecule is Cc1c(OCc2cc(F)c(C(=O)NS(C)(=O)=O)cc2F)cccc1-n1cccn1. The highest BCUT2D eigenvalue weighted by Gasteiger charge is 2.19. The number of hydrogen-bond donors (Lipinski definition) is 1. The molecule has 0 bridgehead atoms. The molecule has 1 amide bonds. The van der Waals surface area contributed by atoms with Gasteiger partial charge >= 0.3 is 0 Å². The zero-order valence-electron chi connectivity index (χ0n) is 15.5. The maximum absolute atomic E-state index is 14.3. The third-order valence-corrected chi connectivity index (χ3v) is 4.60. The molecule has 152 valence electrons. The fourth-order valence-electron chi connectivity index (χ4n) is 2.67. The zero-order chi connectivity index (χ0) is 21.2. The molecular weight excluding hydrogens is 404 g/mol. The summed E-state index contributed by atoms with van der Waals surface area (Å²) in [6.07, 6.45) is 4.13. The Morgan fingerprint density at radius 1 is 1.21 bits per heavy atom. The van der Waals surface area contributed by atoms with E-state index >= 15 is 0 Å². The lowest BCUT2D eigenvalue weighted by atomic mass is 10.1. The van der Waals surface area contributed by atoms with Crippen LogP contribution < -0.4 is 9.46 Å². The van der Waals surface area contributed by atoms with E-state index in [2.05, 4.69) is 5.10 Å². The lowest BCUT2D eigenvalue weighted by Crippen LogP contribution is -2.30. The molecule has 1 N–H and O–H groups in total. The Balaban J connectivity index is 1.81. The van der Waals surface area contributed by atoms with Gasteiger partial charge in [-0.3, -0.25) is 4.79 Å². The number of carbonyl (C=O) groups excluding carboxylic acids is 1. The Morgan fingerprint density at radius 3 is 2.62 bits per heavy atom. The van der Waals surface area contributed by atoms with Crippen molar-refractivity contribution in [2.45, 2.75) is 13.5 Å². The summed E-state index contributed by atoms with van der Waals surface area (Å²) < 4.78 is 59.7. The van der Waals surface area contributed by atoms with Crippen LogP contribution >= 0.6 is 0 Å². The molecule has 1 heterocycles. The molecule has 7 nitrogen and oxygen atoms in total. The second kappa shape index (κ2) is 8.00. The normalized spacial score (nSPS) is 11.3. The van der Waals surface area contributed by atoms with Crippen LogP contribution in [0.25, 0.3) is 5.69 Å². The minimum atomic E-state index is -3.91. The monoisotopic (exact) mass is 421 g/mol. The number of halogens is 2. The van der Waals surface area contributed by atoms with Crippen LogP contribution in [0.4, 0.5) is 8.78 Å². The van der Waals surface area contributed by atoms with Gasteiger partial charge in [0.25, 0.3) is 5.91 Å². The van der Waals surface area contributed by atoms with E-state index < -0.39 is 33.1 Å². The first kappa shape index (κ1) is 20.5. The Kier molecular flexibility index (Phi) is 5.64. The zero-order valence-corrected chi connectivity index (χ0v) is 16.3. The molecule has 3 aromatic rings. The topological polar surface area (TPSA) is 90.3 Å². The molecule has 0 saturated carbocycles. The summed E-state index contributed by atoms with van der Waals surface area (Å²) in [5.41, 5.74) is 0.684. The Hall–Kier alpha value is -3.27. The van der Waals surface area contributed by atoms with Crippen LogP contribution in [0.3, 0.4) is 0 Å². The fraction of sp³-hybridized carbons (Fsp3) is 0.158. The first-order valence-electron chi connectivity index (χ1n) is 8.38. The van der Waals surface area contributed by atoms with Gasteiger partial charge in [-0.1, -0.05) is 6.07 Å². The molecule has 0 radical (unpaired) electrons. The lowest BCUT2D eigenvalue weighted by molar-refractivity contribution is 0.0977. The molecule has 0 atom stereocenters. The molecule has 0 aliphatic heterocycles. The van der Waals surface area contributed by atoms with Crippen LogP contribution in [0.1, 0.15) is 21.5 Å². The van der Waals surface area contributed by atoms with Crippen molar-refractivity contribution in [2.24, 2.45) is 0 Å². The molecule has 29 heavy (non-hydrogen) atoms. The number of carbonyl (C=O) groups is 1. The number of nitrogens with zero attached hydrogens (tertiary/aromatic N) is 2. The minimum Gasteiger partial charge on any atom is -0.488 e. The molecule has 0 spiro atoms. The van der Waals surface area contributed by atoms with E-state index in [9.17, 15) is 22.0 Å². The van der Waals surface area contributed by atoms with Crippen molar-refractivity contribution < 1.29 is 26.7 Å². The summed E-state index contributed by atoms with van der Waals surface area (Å²) in [5, 5.41) is 4.15. The maximum atomic E-state index is 14.3. The highest BCUT2D eigenvalue weighted by molar-refractivity contribution is 7.89. The molecule has 1 aromatic heterocycles. The minimum absolute atomic E-state index is 0.123. The molecule has 0 aliphatic carbocycles. The van der Waals surface area contributed by atoms with E-state index in [-0.39, 0.29) is 12.2 Å². The van der Waals surface area contributed by atoms with Gasteiger partial charge in [-0.05, 0) is 37.3 Å². The molecule has 3 rings (SSSR count). The number of ether oxygens (including phenoxy) is 1. The Labute approximate surface area is 166 Å². The van der Waals surface area contributed by atoms with Crippen LogP contribution in [0.15, 0.2) is 48.8 Å². The summed E-state index contributed by atoms with van der Waals surface area (Å²) in [7, 11) is -3.91. The van der Waals surface area contributed by atoms with Crippen LogP contribution in [-0.2, 0) is 16.6 Å². The summed E-state index contributed by atoms with van der Waals surface area (Å²) in [4.78, 5) is 11.8. The van der Waals surface area contributed by atoms with Gasteiger partial charge in [0, 0.05) is 23.5 Å². The third-order valence-electron chi connectivity index (χ3n) is 4.05. The number of nitrogens with one attached hydrogen (secondary N) is 1. The summed E-state index contributed by atoms with van der Waals surface area (Å²) >= 11 is 0. The smallest absolute Gasteiger partial charge is 0.267 e. The number of aromatic nitrogens is 2. The van der Waals surface area contributed by atoms with Crippen molar-refractivity contribution in [3.05, 3.63) is 77.1 Å². The maximum Gasteiger partial charge on any atom is 0.267 e. The second-order valence-electron chi connectivity index (χ2n) is 6.27. The quantitative estimate of drug-likeness (QED) is 0.661. The molecule has 0 fully saturated rings. The Bertz CT molecular complexity index is 1160. The first-order valence-corrected chi connectivity index (χ1v) is 10.3. The van der Waals surface area contributed by atoms with Gasteiger partial charge in [-0.2, -0.15) is 5.10 Å². The van der Waals surface area contributed by atoms with E-state index in [1.54, 1.807) is 40.0 Å². The molecular formula is C19H17F2N3O4S. The molecule has 0 aliphatic rings. The first-order chi connectivity index (χ1) is 13.7. The predicted octanol–water partition coefficient (Wildman–Crippen LogP) is 2.73. The van der Waals surface area contributed by atoms with Crippen molar-refractivity contribution >= 4 is 15.9 Å². The number of amides is 1. The number of rotatable bonds is 6. The van der Waals surface area contributed by atoms with Crippen molar-refractivity contribution in [3.8, 4) is 11.4 Å². The van der Waals surface area contributed by atoms with Gasteiger partial charge < -0.3 is 4.74 Å². The van der Waals surface area contributed by atoms with E-state index in [0.29, 0.717) is 11.8 Å². The van der Waals surface area contributed by atoms with Crippen LogP contribution in [-0.4, -0.2) is 30.4 Å². The highest BCUT2D eigenvalue weighted by Crippen LogP contribution is 2.25. The van der Waals surface area contributed by atoms with E-state index in [1.165, 1.54) is 0 Å². The fourth-order valence-corrected chi connectivity index (χ4v) is 3.12. The van der Waals surface area contributed by atoms with Crippen molar-refractivity contribution in [1.29, 1.82) is 0 Å². The Morgan fingerprint density at radius 2 is 1.97 bits per heavy atom.